The Balaban J connectivity index is 1.84. The number of nitrogens with zero attached hydrogens (tertiary/aromatic N) is 4. The van der Waals surface area contributed by atoms with Crippen molar-refractivity contribution in [3.63, 3.8) is 0 Å². The van der Waals surface area contributed by atoms with E-state index in [9.17, 15) is 5.11 Å². The molecule has 1 aliphatic carbocycles. The van der Waals surface area contributed by atoms with Gasteiger partial charge in [-0.25, -0.2) is 15.0 Å². The molecule has 5 rings (SSSR count). The Labute approximate surface area is 184 Å². The van der Waals surface area contributed by atoms with E-state index in [1.807, 2.05) is 12.3 Å². The molecule has 0 atom stereocenters. The smallest absolute Gasteiger partial charge is 0.189 e. The third-order valence-electron chi connectivity index (χ3n) is 5.78. The van der Waals surface area contributed by atoms with E-state index in [0.29, 0.717) is 6.54 Å². The summed E-state index contributed by atoms with van der Waals surface area (Å²) in [5, 5.41) is 11.5. The van der Waals surface area contributed by atoms with Gasteiger partial charge in [-0.3, -0.25) is 0 Å². The zero-order valence-corrected chi connectivity index (χ0v) is 18.8. The Hall–Kier alpha value is -2.22. The lowest BCUT2D eigenvalue weighted by Gasteiger charge is -2.21. The van der Waals surface area contributed by atoms with Crippen LogP contribution in [0.3, 0.4) is 0 Å². The molecule has 4 aromatic rings. The van der Waals surface area contributed by atoms with Crippen molar-refractivity contribution in [2.75, 3.05) is 30.9 Å². The molecule has 0 spiro atoms. The first-order valence-electron chi connectivity index (χ1n) is 10.4. The second kappa shape index (κ2) is 8.13. The third kappa shape index (κ3) is 3.16. The fourth-order valence-electron chi connectivity index (χ4n) is 4.41. The van der Waals surface area contributed by atoms with Gasteiger partial charge in [0.05, 0.1) is 22.5 Å². The molecule has 1 N–H and O–H groups in total. The van der Waals surface area contributed by atoms with Crippen molar-refractivity contribution in [3.8, 4) is 11.3 Å². The predicted molar refractivity (Wildman–Crippen MR) is 127 cm³/mol. The summed E-state index contributed by atoms with van der Waals surface area (Å²) in [4.78, 5) is 18.1. The quantitative estimate of drug-likeness (QED) is 0.341. The van der Waals surface area contributed by atoms with Crippen molar-refractivity contribution in [3.05, 3.63) is 41.5 Å². The molecule has 0 saturated carbocycles. The number of aliphatic hydroxyl groups excluding tert-OH is 1. The van der Waals surface area contributed by atoms with Crippen LogP contribution in [0, 0.1) is 0 Å². The zero-order chi connectivity index (χ0) is 20.7. The summed E-state index contributed by atoms with van der Waals surface area (Å²) in [5.74, 6) is 0.914. The monoisotopic (exact) mass is 436 g/mol. The SMILES string of the molecule is CCN(CCO)c1nc(SC)nc2c1sc1nc(-c3ccccc3)c3c(c12)CCC3. The highest BCUT2D eigenvalue weighted by Crippen LogP contribution is 2.44. The van der Waals surface area contributed by atoms with Gasteiger partial charge >= 0.3 is 0 Å². The van der Waals surface area contributed by atoms with Crippen LogP contribution in [0.2, 0.25) is 0 Å². The maximum Gasteiger partial charge on any atom is 0.189 e. The summed E-state index contributed by atoms with van der Waals surface area (Å²) in [5.41, 5.74) is 6.10. The van der Waals surface area contributed by atoms with Crippen LogP contribution >= 0.6 is 23.1 Å². The molecule has 0 radical (unpaired) electrons. The van der Waals surface area contributed by atoms with Crippen LogP contribution in [0.5, 0.6) is 0 Å². The minimum absolute atomic E-state index is 0.102. The Morgan fingerprint density at radius 2 is 1.90 bits per heavy atom. The number of thioether (sulfide) groups is 1. The van der Waals surface area contributed by atoms with Crippen LogP contribution in [0.25, 0.3) is 31.7 Å². The molecule has 5 nitrogen and oxygen atoms in total. The topological polar surface area (TPSA) is 62.1 Å². The molecule has 0 bridgehead atoms. The highest BCUT2D eigenvalue weighted by atomic mass is 32.2. The number of thiophene rings is 1. The van der Waals surface area contributed by atoms with Gasteiger partial charge in [0.2, 0.25) is 0 Å². The normalized spacial score (nSPS) is 13.3. The van der Waals surface area contributed by atoms with Crippen molar-refractivity contribution < 1.29 is 5.11 Å². The van der Waals surface area contributed by atoms with E-state index in [4.69, 9.17) is 15.0 Å². The van der Waals surface area contributed by atoms with E-state index in [1.165, 1.54) is 22.1 Å². The minimum atomic E-state index is 0.102. The highest BCUT2D eigenvalue weighted by Gasteiger charge is 2.26. The Bertz CT molecular complexity index is 1220. The van der Waals surface area contributed by atoms with Gasteiger partial charge < -0.3 is 10.0 Å². The molecule has 7 heteroatoms. The second-order valence-corrected chi connectivity index (χ2v) is 9.21. The number of benzene rings is 1. The summed E-state index contributed by atoms with van der Waals surface area (Å²) in [6, 6.07) is 10.5. The number of rotatable bonds is 6. The lowest BCUT2D eigenvalue weighted by atomic mass is 10.0. The molecular formula is C23H24N4OS2. The van der Waals surface area contributed by atoms with Gasteiger partial charge in [0, 0.05) is 24.0 Å². The first kappa shape index (κ1) is 19.7. The lowest BCUT2D eigenvalue weighted by Crippen LogP contribution is -2.27. The van der Waals surface area contributed by atoms with Gasteiger partial charge in [0.25, 0.3) is 0 Å². The standard InChI is InChI=1S/C23H24N4OS2/c1-3-27(12-13-28)21-20-19(25-23(26-21)29-2)17-15-10-7-11-16(15)18(24-22(17)30-20)14-8-5-4-6-9-14/h4-6,8-9,28H,3,7,10-13H2,1-2H3. The van der Waals surface area contributed by atoms with Gasteiger partial charge in [-0.2, -0.15) is 0 Å². The van der Waals surface area contributed by atoms with Gasteiger partial charge in [0.15, 0.2) is 11.0 Å². The molecule has 0 aliphatic heterocycles. The molecule has 3 aromatic heterocycles. The average Bonchev–Trinajstić information content (AvgIpc) is 3.41. The van der Waals surface area contributed by atoms with E-state index in [-0.39, 0.29) is 6.61 Å². The van der Waals surface area contributed by atoms with Crippen molar-refractivity contribution in [1.82, 2.24) is 15.0 Å². The fraction of sp³-hybridized carbons (Fsp3) is 0.348. The van der Waals surface area contributed by atoms with Gasteiger partial charge in [-0.1, -0.05) is 42.1 Å². The Morgan fingerprint density at radius 3 is 2.63 bits per heavy atom. The molecule has 30 heavy (non-hydrogen) atoms. The molecule has 0 amide bonds. The summed E-state index contributed by atoms with van der Waals surface area (Å²) in [6.45, 7) is 3.55. The van der Waals surface area contributed by atoms with Crippen LogP contribution in [0.15, 0.2) is 35.5 Å². The second-order valence-electron chi connectivity index (χ2n) is 7.43. The van der Waals surface area contributed by atoms with E-state index in [0.717, 1.165) is 57.5 Å². The van der Waals surface area contributed by atoms with Crippen LogP contribution in [0.4, 0.5) is 5.82 Å². The number of fused-ring (bicyclic) bond motifs is 5. The van der Waals surface area contributed by atoms with Gasteiger partial charge in [-0.15, -0.1) is 11.3 Å². The molecule has 1 aliphatic rings. The Kier molecular flexibility index (Phi) is 5.35. The van der Waals surface area contributed by atoms with E-state index >= 15 is 0 Å². The van der Waals surface area contributed by atoms with Crippen LogP contribution in [-0.2, 0) is 12.8 Å². The number of likely N-dealkylation sites (N-methyl/N-ethyl adjacent to an activating group) is 1. The summed E-state index contributed by atoms with van der Waals surface area (Å²) in [6.07, 6.45) is 5.31. The summed E-state index contributed by atoms with van der Waals surface area (Å²) >= 11 is 3.25. The number of aliphatic hydroxyl groups is 1. The number of pyridine rings is 1. The van der Waals surface area contributed by atoms with Crippen LogP contribution < -0.4 is 4.90 Å². The zero-order valence-electron chi connectivity index (χ0n) is 17.2. The maximum absolute atomic E-state index is 9.56. The molecule has 0 saturated heterocycles. The molecule has 1 aromatic carbocycles. The molecular weight excluding hydrogens is 412 g/mol. The molecule has 0 unspecified atom stereocenters. The molecule has 0 fully saturated rings. The molecule has 154 valence electrons. The predicted octanol–water partition coefficient (Wildman–Crippen LogP) is 4.94. The van der Waals surface area contributed by atoms with E-state index < -0.39 is 0 Å². The summed E-state index contributed by atoms with van der Waals surface area (Å²) in [7, 11) is 0. The van der Waals surface area contributed by atoms with Crippen molar-refractivity contribution in [2.24, 2.45) is 0 Å². The lowest BCUT2D eigenvalue weighted by molar-refractivity contribution is 0.302. The van der Waals surface area contributed by atoms with Crippen molar-refractivity contribution >= 4 is 49.3 Å². The van der Waals surface area contributed by atoms with Crippen LogP contribution in [-0.4, -0.2) is 46.0 Å². The van der Waals surface area contributed by atoms with Crippen molar-refractivity contribution in [2.45, 2.75) is 31.3 Å². The first-order chi connectivity index (χ1) is 14.7. The van der Waals surface area contributed by atoms with Gasteiger partial charge in [0.1, 0.15) is 4.83 Å². The number of hydrogen-bond donors (Lipinski definition) is 1. The molecule has 3 heterocycles. The number of aryl methyl sites for hydroxylation is 1. The maximum atomic E-state index is 9.56. The number of anilines is 1. The third-order valence-corrected chi connectivity index (χ3v) is 7.39. The largest absolute Gasteiger partial charge is 0.395 e. The minimum Gasteiger partial charge on any atom is -0.395 e. The number of hydrogen-bond acceptors (Lipinski definition) is 7. The first-order valence-corrected chi connectivity index (χ1v) is 12.4. The van der Waals surface area contributed by atoms with E-state index in [2.05, 4.69) is 36.1 Å². The number of aromatic nitrogens is 3. The van der Waals surface area contributed by atoms with Crippen molar-refractivity contribution in [1.29, 1.82) is 0 Å². The van der Waals surface area contributed by atoms with E-state index in [1.54, 1.807) is 23.1 Å². The Morgan fingerprint density at radius 1 is 1.10 bits per heavy atom. The average molecular weight is 437 g/mol. The fourth-order valence-corrected chi connectivity index (χ4v) is 5.93. The van der Waals surface area contributed by atoms with Gasteiger partial charge in [-0.05, 0) is 43.6 Å². The summed E-state index contributed by atoms with van der Waals surface area (Å²) < 4.78 is 1.07. The highest BCUT2D eigenvalue weighted by molar-refractivity contribution is 7.98. The van der Waals surface area contributed by atoms with Crippen LogP contribution in [0.1, 0.15) is 24.5 Å².